The summed E-state index contributed by atoms with van der Waals surface area (Å²) in [5, 5.41) is 11.8. The van der Waals surface area contributed by atoms with Crippen LogP contribution in [-0.2, 0) is 4.79 Å². The van der Waals surface area contributed by atoms with E-state index < -0.39 is 5.97 Å². The number of rotatable bonds is 6. The third kappa shape index (κ3) is 4.69. The predicted octanol–water partition coefficient (Wildman–Crippen LogP) is 2.85. The smallest absolute Gasteiger partial charge is 0.317 e. The number of nitrogens with one attached hydrogen (secondary N) is 1. The number of carbonyl (C=O) groups is 2. The van der Waals surface area contributed by atoms with Crippen LogP contribution in [0.4, 0.5) is 4.79 Å². The molecule has 1 aliphatic rings. The molecule has 0 heterocycles. The van der Waals surface area contributed by atoms with E-state index in [0.29, 0.717) is 13.0 Å². The highest BCUT2D eigenvalue weighted by Gasteiger charge is 2.36. The molecule has 1 atom stereocenters. The van der Waals surface area contributed by atoms with Crippen LogP contribution in [0.1, 0.15) is 59.8 Å². The molecule has 0 aliphatic heterocycles. The SMILES string of the molecule is CC(C)N(CCCC(=O)O)C(=O)NC1CCCC1(C)C. The van der Waals surface area contributed by atoms with Gasteiger partial charge in [-0.15, -0.1) is 0 Å². The van der Waals surface area contributed by atoms with Gasteiger partial charge in [0.05, 0.1) is 0 Å². The maximum absolute atomic E-state index is 12.4. The van der Waals surface area contributed by atoms with E-state index in [4.69, 9.17) is 5.11 Å². The first-order valence-corrected chi connectivity index (χ1v) is 7.53. The van der Waals surface area contributed by atoms with Gasteiger partial charge in [-0.1, -0.05) is 20.3 Å². The van der Waals surface area contributed by atoms with Gasteiger partial charge in [0.25, 0.3) is 0 Å². The number of hydrogen-bond donors (Lipinski definition) is 2. The molecular formula is C15H28N2O3. The van der Waals surface area contributed by atoms with Gasteiger partial charge >= 0.3 is 12.0 Å². The largest absolute Gasteiger partial charge is 0.481 e. The summed E-state index contributed by atoms with van der Waals surface area (Å²) in [6.45, 7) is 8.79. The van der Waals surface area contributed by atoms with Gasteiger partial charge in [0.2, 0.25) is 0 Å². The van der Waals surface area contributed by atoms with E-state index in [0.717, 1.165) is 19.3 Å². The quantitative estimate of drug-likeness (QED) is 0.788. The van der Waals surface area contributed by atoms with Gasteiger partial charge in [0, 0.05) is 25.0 Å². The number of hydrogen-bond acceptors (Lipinski definition) is 2. The Morgan fingerprint density at radius 1 is 1.40 bits per heavy atom. The summed E-state index contributed by atoms with van der Waals surface area (Å²) in [7, 11) is 0. The summed E-state index contributed by atoms with van der Waals surface area (Å²) in [5.41, 5.74) is 0.152. The Morgan fingerprint density at radius 2 is 2.05 bits per heavy atom. The standard InChI is InChI=1S/C15H28N2O3/c1-11(2)17(10-6-8-13(18)19)14(20)16-12-7-5-9-15(12,3)4/h11-12H,5-10H2,1-4H3,(H,16,20)(H,18,19). The second-order valence-corrected chi connectivity index (χ2v) is 6.67. The van der Waals surface area contributed by atoms with Crippen molar-refractivity contribution in [2.75, 3.05) is 6.54 Å². The number of carboxylic acid groups (broad SMARTS) is 1. The highest BCUT2D eigenvalue weighted by atomic mass is 16.4. The molecule has 0 radical (unpaired) electrons. The first kappa shape index (κ1) is 16.8. The summed E-state index contributed by atoms with van der Waals surface area (Å²) < 4.78 is 0. The molecule has 20 heavy (non-hydrogen) atoms. The first-order valence-electron chi connectivity index (χ1n) is 7.53. The highest BCUT2D eigenvalue weighted by molar-refractivity contribution is 5.75. The van der Waals surface area contributed by atoms with E-state index in [-0.39, 0.29) is 30.0 Å². The van der Waals surface area contributed by atoms with Crippen LogP contribution in [0.15, 0.2) is 0 Å². The summed E-state index contributed by atoms with van der Waals surface area (Å²) in [4.78, 5) is 24.7. The van der Waals surface area contributed by atoms with Crippen molar-refractivity contribution in [1.82, 2.24) is 10.2 Å². The van der Waals surface area contributed by atoms with Crippen LogP contribution >= 0.6 is 0 Å². The number of amides is 2. The van der Waals surface area contributed by atoms with Crippen LogP contribution in [-0.4, -0.2) is 40.6 Å². The number of carbonyl (C=O) groups excluding carboxylic acids is 1. The first-order chi connectivity index (χ1) is 9.24. The predicted molar refractivity (Wildman–Crippen MR) is 78.7 cm³/mol. The zero-order valence-corrected chi connectivity index (χ0v) is 13.1. The molecule has 1 aliphatic carbocycles. The van der Waals surface area contributed by atoms with Crippen LogP contribution < -0.4 is 5.32 Å². The van der Waals surface area contributed by atoms with E-state index in [2.05, 4.69) is 19.2 Å². The van der Waals surface area contributed by atoms with Gasteiger partial charge in [-0.3, -0.25) is 4.79 Å². The number of urea groups is 1. The van der Waals surface area contributed by atoms with Crippen LogP contribution in [0.2, 0.25) is 0 Å². The van der Waals surface area contributed by atoms with E-state index >= 15 is 0 Å². The van der Waals surface area contributed by atoms with E-state index in [9.17, 15) is 9.59 Å². The molecule has 1 fully saturated rings. The lowest BCUT2D eigenvalue weighted by molar-refractivity contribution is -0.137. The van der Waals surface area contributed by atoms with Gasteiger partial charge in [0.1, 0.15) is 0 Å². The van der Waals surface area contributed by atoms with Gasteiger partial charge in [-0.25, -0.2) is 4.79 Å². The zero-order chi connectivity index (χ0) is 15.3. The molecule has 5 nitrogen and oxygen atoms in total. The molecule has 0 aromatic carbocycles. The number of carboxylic acids is 1. The Balaban J connectivity index is 2.53. The zero-order valence-electron chi connectivity index (χ0n) is 13.1. The molecule has 5 heteroatoms. The molecule has 1 saturated carbocycles. The Kier molecular flexibility index (Phi) is 5.84. The molecular weight excluding hydrogens is 256 g/mol. The molecule has 0 aromatic rings. The fourth-order valence-electron chi connectivity index (χ4n) is 2.82. The van der Waals surface area contributed by atoms with Crippen molar-refractivity contribution in [2.45, 2.75) is 71.9 Å². The second-order valence-electron chi connectivity index (χ2n) is 6.67. The molecule has 116 valence electrons. The maximum atomic E-state index is 12.4. The maximum Gasteiger partial charge on any atom is 0.317 e. The summed E-state index contributed by atoms with van der Waals surface area (Å²) in [6, 6.07) is 0.231. The van der Waals surface area contributed by atoms with Crippen LogP contribution in [0.5, 0.6) is 0 Å². The Hall–Kier alpha value is -1.26. The molecule has 1 unspecified atom stereocenters. The lowest BCUT2D eigenvalue weighted by atomic mass is 9.87. The minimum atomic E-state index is -0.814. The van der Waals surface area contributed by atoms with Gasteiger partial charge in [0.15, 0.2) is 0 Å². The summed E-state index contributed by atoms with van der Waals surface area (Å²) >= 11 is 0. The van der Waals surface area contributed by atoms with Crippen molar-refractivity contribution in [1.29, 1.82) is 0 Å². The summed E-state index contributed by atoms with van der Waals surface area (Å²) in [6.07, 6.45) is 3.91. The average molecular weight is 284 g/mol. The second kappa shape index (κ2) is 6.95. The fraction of sp³-hybridized carbons (Fsp3) is 0.867. The number of aliphatic carboxylic acids is 1. The van der Waals surface area contributed by atoms with Gasteiger partial charge in [-0.05, 0) is 38.5 Å². The normalized spacial score (nSPS) is 20.9. The molecule has 0 spiro atoms. The van der Waals surface area contributed by atoms with Crippen LogP contribution in [0.3, 0.4) is 0 Å². The highest BCUT2D eigenvalue weighted by Crippen LogP contribution is 2.37. The Labute approximate surface area is 121 Å². The van der Waals surface area contributed by atoms with E-state index in [1.807, 2.05) is 13.8 Å². The van der Waals surface area contributed by atoms with Crippen molar-refractivity contribution < 1.29 is 14.7 Å². The third-order valence-electron chi connectivity index (χ3n) is 4.23. The minimum absolute atomic E-state index is 0.0645. The van der Waals surface area contributed by atoms with E-state index in [1.54, 1.807) is 4.90 Å². The van der Waals surface area contributed by atoms with Crippen molar-refractivity contribution in [2.24, 2.45) is 5.41 Å². The van der Waals surface area contributed by atoms with Crippen LogP contribution in [0.25, 0.3) is 0 Å². The monoisotopic (exact) mass is 284 g/mol. The van der Waals surface area contributed by atoms with Crippen molar-refractivity contribution in [3.05, 3.63) is 0 Å². The number of nitrogens with zero attached hydrogens (tertiary/aromatic N) is 1. The molecule has 0 bridgehead atoms. The summed E-state index contributed by atoms with van der Waals surface area (Å²) in [5.74, 6) is -0.814. The van der Waals surface area contributed by atoms with Crippen molar-refractivity contribution in [3.8, 4) is 0 Å². The van der Waals surface area contributed by atoms with Gasteiger partial charge < -0.3 is 15.3 Å². The fourth-order valence-corrected chi connectivity index (χ4v) is 2.82. The van der Waals surface area contributed by atoms with E-state index in [1.165, 1.54) is 0 Å². The Bertz CT molecular complexity index is 353. The molecule has 2 amide bonds. The minimum Gasteiger partial charge on any atom is -0.481 e. The lowest BCUT2D eigenvalue weighted by Crippen LogP contribution is -2.50. The lowest BCUT2D eigenvalue weighted by Gasteiger charge is -2.33. The third-order valence-corrected chi connectivity index (χ3v) is 4.23. The van der Waals surface area contributed by atoms with Crippen LogP contribution in [0, 0.1) is 5.41 Å². The van der Waals surface area contributed by atoms with Gasteiger partial charge in [-0.2, -0.15) is 0 Å². The Morgan fingerprint density at radius 3 is 2.50 bits per heavy atom. The molecule has 1 rings (SSSR count). The average Bonchev–Trinajstić information content (AvgIpc) is 2.63. The van der Waals surface area contributed by atoms with Crippen molar-refractivity contribution >= 4 is 12.0 Å². The molecule has 0 saturated heterocycles. The molecule has 2 N–H and O–H groups in total. The van der Waals surface area contributed by atoms with Crippen molar-refractivity contribution in [3.63, 3.8) is 0 Å². The molecule has 0 aromatic heterocycles. The topological polar surface area (TPSA) is 69.6 Å².